The van der Waals surface area contributed by atoms with Crippen molar-refractivity contribution in [1.82, 2.24) is 5.32 Å². The second-order valence-electron chi connectivity index (χ2n) is 5.14. The third-order valence-electron chi connectivity index (χ3n) is 4.02. The van der Waals surface area contributed by atoms with Gasteiger partial charge in [0.2, 0.25) is 0 Å². The minimum Gasteiger partial charge on any atom is -0.478 e. The van der Waals surface area contributed by atoms with Gasteiger partial charge >= 0.3 is 5.97 Å². The Morgan fingerprint density at radius 3 is 2.45 bits per heavy atom. The molecule has 2 aliphatic rings. The van der Waals surface area contributed by atoms with Crippen molar-refractivity contribution in [3.05, 3.63) is 59.2 Å². The number of hydrogen-bond acceptors (Lipinski definition) is 4. The Bertz CT molecular complexity index is 876. The second-order valence-corrected chi connectivity index (χ2v) is 6.32. The minimum atomic E-state index is -1.19. The van der Waals surface area contributed by atoms with E-state index in [0.717, 1.165) is 28.5 Å². The molecule has 0 aromatic heterocycles. The molecular formula is C16H9NO4S. The molecule has 5 nitrogen and oxygen atoms in total. The highest BCUT2D eigenvalue weighted by molar-refractivity contribution is 8.15. The zero-order chi connectivity index (χ0) is 15.5. The van der Waals surface area contributed by atoms with Crippen LogP contribution in [-0.2, 0) is 9.54 Å². The zero-order valence-electron chi connectivity index (χ0n) is 11.1. The summed E-state index contributed by atoms with van der Waals surface area (Å²) in [5, 5.41) is 11.1. The van der Waals surface area contributed by atoms with Gasteiger partial charge in [-0.1, -0.05) is 30.3 Å². The van der Waals surface area contributed by atoms with Gasteiger partial charge in [-0.15, -0.1) is 0 Å². The number of carbonyl (C=O) groups excluding carboxylic acids is 2. The molecule has 2 N–H and O–H groups in total. The number of thioether (sulfide) groups is 1. The Kier molecular flexibility index (Phi) is 2.50. The molecule has 108 valence electrons. The van der Waals surface area contributed by atoms with Crippen LogP contribution in [0.2, 0.25) is 0 Å². The maximum Gasteiger partial charge on any atom is 0.335 e. The van der Waals surface area contributed by atoms with Crippen molar-refractivity contribution < 1.29 is 19.5 Å². The largest absolute Gasteiger partial charge is 0.478 e. The first-order valence-corrected chi connectivity index (χ1v) is 7.38. The van der Waals surface area contributed by atoms with Crippen molar-refractivity contribution in [1.29, 1.82) is 0 Å². The Morgan fingerprint density at radius 2 is 1.77 bits per heavy atom. The van der Waals surface area contributed by atoms with E-state index in [1.165, 1.54) is 12.1 Å². The molecule has 1 aliphatic carbocycles. The van der Waals surface area contributed by atoms with Gasteiger partial charge in [-0.25, -0.2) is 4.79 Å². The molecule has 1 aliphatic heterocycles. The van der Waals surface area contributed by atoms with Gasteiger partial charge in [0.1, 0.15) is 0 Å². The van der Waals surface area contributed by atoms with Crippen LogP contribution in [0.5, 0.6) is 0 Å². The fraction of sp³-hybridized carbons (Fsp3) is 0.0625. The van der Waals surface area contributed by atoms with Crippen molar-refractivity contribution in [3.8, 4) is 11.1 Å². The van der Waals surface area contributed by atoms with E-state index in [-0.39, 0.29) is 5.56 Å². The molecule has 0 radical (unpaired) electrons. The fourth-order valence-corrected chi connectivity index (χ4v) is 4.25. The van der Waals surface area contributed by atoms with Crippen LogP contribution < -0.4 is 5.32 Å². The molecule has 4 rings (SSSR count). The highest BCUT2D eigenvalue weighted by Crippen LogP contribution is 2.57. The third kappa shape index (κ3) is 1.47. The van der Waals surface area contributed by atoms with E-state index in [2.05, 4.69) is 5.32 Å². The normalized spacial score (nSPS) is 21.6. The lowest BCUT2D eigenvalue weighted by molar-refractivity contribution is -0.120. The summed E-state index contributed by atoms with van der Waals surface area (Å²) < 4.78 is -1.19. The van der Waals surface area contributed by atoms with Crippen LogP contribution in [0.4, 0.5) is 4.79 Å². The molecule has 2 amide bonds. The standard InChI is InChI=1S/C16H9NO4S/c18-13(19)8-5-6-10-9-3-1-2-4-11(9)16(12(10)7-8)14(20)17-15(21)22-16/h1-7H,(H,18,19)(H,17,20,21). The van der Waals surface area contributed by atoms with E-state index in [1.54, 1.807) is 18.2 Å². The van der Waals surface area contributed by atoms with E-state index in [4.69, 9.17) is 0 Å². The van der Waals surface area contributed by atoms with Crippen molar-refractivity contribution in [2.45, 2.75) is 4.75 Å². The summed E-state index contributed by atoms with van der Waals surface area (Å²) in [6.45, 7) is 0. The lowest BCUT2D eigenvalue weighted by atomic mass is 9.94. The van der Waals surface area contributed by atoms with E-state index in [0.29, 0.717) is 5.56 Å². The molecule has 1 heterocycles. The quantitative estimate of drug-likeness (QED) is 0.846. The second kappa shape index (κ2) is 4.20. The Morgan fingerprint density at radius 1 is 1.05 bits per heavy atom. The molecule has 1 saturated heterocycles. The smallest absolute Gasteiger partial charge is 0.335 e. The number of rotatable bonds is 1. The summed E-state index contributed by atoms with van der Waals surface area (Å²) in [6, 6.07) is 12.0. The van der Waals surface area contributed by atoms with Gasteiger partial charge in [-0.2, -0.15) is 0 Å². The SMILES string of the molecule is O=C1NC(=O)C2(S1)c1ccccc1-c1ccc(C(=O)O)cc12. The van der Waals surface area contributed by atoms with Crippen molar-refractivity contribution >= 4 is 28.9 Å². The van der Waals surface area contributed by atoms with Crippen LogP contribution >= 0.6 is 11.8 Å². The van der Waals surface area contributed by atoms with E-state index in [9.17, 15) is 19.5 Å². The van der Waals surface area contributed by atoms with Crippen molar-refractivity contribution in [2.75, 3.05) is 0 Å². The summed E-state index contributed by atoms with van der Waals surface area (Å²) >= 11 is 0.897. The molecule has 2 aromatic carbocycles. The predicted molar refractivity (Wildman–Crippen MR) is 80.7 cm³/mol. The molecule has 6 heteroatoms. The highest BCUT2D eigenvalue weighted by Gasteiger charge is 2.56. The van der Waals surface area contributed by atoms with Crippen LogP contribution in [0, 0.1) is 0 Å². The van der Waals surface area contributed by atoms with Gasteiger partial charge in [-0.3, -0.25) is 14.9 Å². The summed E-state index contributed by atoms with van der Waals surface area (Å²) in [6.07, 6.45) is 0. The number of carboxylic acid groups (broad SMARTS) is 1. The summed E-state index contributed by atoms with van der Waals surface area (Å²) in [7, 11) is 0. The van der Waals surface area contributed by atoms with Gasteiger partial charge in [-0.05, 0) is 46.1 Å². The third-order valence-corrected chi connectivity index (χ3v) is 5.24. The van der Waals surface area contributed by atoms with Crippen LogP contribution in [0.3, 0.4) is 0 Å². The Hall–Kier alpha value is -2.60. The van der Waals surface area contributed by atoms with Gasteiger partial charge in [0.15, 0.2) is 4.75 Å². The average molecular weight is 311 g/mol. The number of hydrogen-bond donors (Lipinski definition) is 2. The first kappa shape index (κ1) is 13.1. The Balaban J connectivity index is 2.08. The van der Waals surface area contributed by atoms with Crippen LogP contribution in [-0.4, -0.2) is 22.2 Å². The highest BCUT2D eigenvalue weighted by atomic mass is 32.2. The average Bonchev–Trinajstić information content (AvgIpc) is 2.96. The Labute approximate surface area is 129 Å². The number of benzene rings is 2. The van der Waals surface area contributed by atoms with Crippen LogP contribution in [0.25, 0.3) is 11.1 Å². The van der Waals surface area contributed by atoms with E-state index >= 15 is 0 Å². The van der Waals surface area contributed by atoms with Crippen LogP contribution in [0.1, 0.15) is 21.5 Å². The molecule has 2 aromatic rings. The first-order valence-electron chi connectivity index (χ1n) is 6.56. The number of aromatic carboxylic acids is 1. The predicted octanol–water partition coefficient (Wildman–Crippen LogP) is 2.59. The van der Waals surface area contributed by atoms with Gasteiger partial charge in [0.25, 0.3) is 11.1 Å². The maximum atomic E-state index is 12.5. The van der Waals surface area contributed by atoms with Crippen molar-refractivity contribution in [2.24, 2.45) is 0 Å². The molecular weight excluding hydrogens is 302 g/mol. The van der Waals surface area contributed by atoms with Crippen LogP contribution in [0.15, 0.2) is 42.5 Å². The molecule has 1 unspecified atom stereocenters. The zero-order valence-corrected chi connectivity index (χ0v) is 11.9. The lowest BCUT2D eigenvalue weighted by Gasteiger charge is -2.21. The summed E-state index contributed by atoms with van der Waals surface area (Å²) in [5.74, 6) is -1.49. The molecule has 1 spiro atoms. The van der Waals surface area contributed by atoms with Gasteiger partial charge < -0.3 is 5.11 Å². The topological polar surface area (TPSA) is 83.5 Å². The van der Waals surface area contributed by atoms with Gasteiger partial charge in [0, 0.05) is 0 Å². The monoisotopic (exact) mass is 311 g/mol. The van der Waals surface area contributed by atoms with E-state index < -0.39 is 21.9 Å². The van der Waals surface area contributed by atoms with Gasteiger partial charge in [0.05, 0.1) is 5.56 Å². The summed E-state index contributed by atoms with van der Waals surface area (Å²) in [5.41, 5.74) is 3.02. The molecule has 1 fully saturated rings. The molecule has 22 heavy (non-hydrogen) atoms. The molecule has 0 bridgehead atoms. The summed E-state index contributed by atoms with van der Waals surface area (Å²) in [4.78, 5) is 35.5. The van der Waals surface area contributed by atoms with E-state index in [1.807, 2.05) is 12.1 Å². The fourth-order valence-electron chi connectivity index (χ4n) is 3.12. The molecule has 1 atom stereocenters. The maximum absolute atomic E-state index is 12.5. The number of nitrogens with one attached hydrogen (secondary N) is 1. The molecule has 0 saturated carbocycles. The minimum absolute atomic E-state index is 0.0960. The number of imide groups is 1. The number of fused-ring (bicyclic) bond motifs is 5. The number of carbonyl (C=O) groups is 3. The lowest BCUT2D eigenvalue weighted by Crippen LogP contribution is -2.33. The number of carboxylic acids is 1. The first-order chi connectivity index (χ1) is 10.5. The van der Waals surface area contributed by atoms with Crippen molar-refractivity contribution in [3.63, 3.8) is 0 Å². The number of amides is 2.